The van der Waals surface area contributed by atoms with Crippen LogP contribution in [0.3, 0.4) is 0 Å². The lowest BCUT2D eigenvalue weighted by Gasteiger charge is -2.08. The Morgan fingerprint density at radius 1 is 1.53 bits per heavy atom. The number of hydrogen-bond donors (Lipinski definition) is 0. The van der Waals surface area contributed by atoms with Gasteiger partial charge in [-0.15, -0.1) is 0 Å². The summed E-state index contributed by atoms with van der Waals surface area (Å²) in [5.41, 5.74) is 2.00. The van der Waals surface area contributed by atoms with E-state index in [-0.39, 0.29) is 18.2 Å². The summed E-state index contributed by atoms with van der Waals surface area (Å²) in [5.74, 6) is -0.643. The number of benzene rings is 1. The summed E-state index contributed by atoms with van der Waals surface area (Å²) in [4.78, 5) is 11.1. The maximum absolute atomic E-state index is 13.4. The van der Waals surface area contributed by atoms with Crippen molar-refractivity contribution in [2.24, 2.45) is 0 Å². The molecule has 0 saturated heterocycles. The molecule has 0 unspecified atom stereocenters. The van der Waals surface area contributed by atoms with Crippen molar-refractivity contribution >= 4 is 21.9 Å². The maximum atomic E-state index is 13.4. The van der Waals surface area contributed by atoms with Gasteiger partial charge >= 0.3 is 5.97 Å². The molecule has 0 atom stereocenters. The summed E-state index contributed by atoms with van der Waals surface area (Å²) in [5, 5.41) is 0.568. The highest BCUT2D eigenvalue weighted by Gasteiger charge is 2.10. The van der Waals surface area contributed by atoms with Gasteiger partial charge in [-0.1, -0.05) is 22.0 Å². The fourth-order valence-electron chi connectivity index (χ4n) is 1.29. The number of carbonyl (C=O) groups is 1. The smallest absolute Gasteiger partial charge is 0.309 e. The first-order chi connectivity index (χ1) is 7.08. The number of hydrogen-bond acceptors (Lipinski definition) is 2. The van der Waals surface area contributed by atoms with Gasteiger partial charge in [-0.2, -0.15) is 0 Å². The third-order valence-electron chi connectivity index (χ3n) is 2.23. The second-order valence-corrected chi connectivity index (χ2v) is 3.81. The third kappa shape index (κ3) is 3.02. The van der Waals surface area contributed by atoms with Gasteiger partial charge in [0.2, 0.25) is 0 Å². The summed E-state index contributed by atoms with van der Waals surface area (Å²) < 4.78 is 18.0. The topological polar surface area (TPSA) is 26.3 Å². The van der Waals surface area contributed by atoms with Gasteiger partial charge in [-0.3, -0.25) is 4.79 Å². The van der Waals surface area contributed by atoms with Crippen LogP contribution in [-0.2, 0) is 21.3 Å². The highest BCUT2D eigenvalue weighted by atomic mass is 79.9. The van der Waals surface area contributed by atoms with E-state index in [2.05, 4.69) is 20.7 Å². The van der Waals surface area contributed by atoms with Crippen LogP contribution in [-0.4, -0.2) is 13.1 Å². The van der Waals surface area contributed by atoms with Crippen LogP contribution in [0.25, 0.3) is 0 Å². The van der Waals surface area contributed by atoms with Gasteiger partial charge < -0.3 is 4.74 Å². The van der Waals surface area contributed by atoms with Crippen molar-refractivity contribution in [2.45, 2.75) is 18.7 Å². The van der Waals surface area contributed by atoms with Crippen molar-refractivity contribution in [3.8, 4) is 0 Å². The number of esters is 1. The highest BCUT2D eigenvalue weighted by molar-refractivity contribution is 9.08. The summed E-state index contributed by atoms with van der Waals surface area (Å²) in [6.45, 7) is 1.66. The number of rotatable bonds is 3. The Balaban J connectivity index is 3.05. The minimum absolute atomic E-state index is 0.111. The molecule has 0 radical (unpaired) electrons. The quantitative estimate of drug-likeness (QED) is 0.626. The van der Waals surface area contributed by atoms with Crippen LogP contribution >= 0.6 is 15.9 Å². The zero-order valence-corrected chi connectivity index (χ0v) is 10.2. The van der Waals surface area contributed by atoms with Crippen LogP contribution in [0.5, 0.6) is 0 Å². The first-order valence-corrected chi connectivity index (χ1v) is 5.61. The molecule has 0 bridgehead atoms. The first kappa shape index (κ1) is 12.2. The lowest BCUT2D eigenvalue weighted by Crippen LogP contribution is -2.07. The number of alkyl halides is 1. The van der Waals surface area contributed by atoms with Gasteiger partial charge in [0.25, 0.3) is 0 Å². The molecule has 1 rings (SSSR count). The fraction of sp³-hybridized carbons (Fsp3) is 0.364. The second-order valence-electron chi connectivity index (χ2n) is 3.25. The monoisotopic (exact) mass is 274 g/mol. The van der Waals surface area contributed by atoms with Crippen LogP contribution in [0.15, 0.2) is 12.1 Å². The normalized spacial score (nSPS) is 10.1. The van der Waals surface area contributed by atoms with Gasteiger partial charge in [-0.05, 0) is 29.7 Å². The third-order valence-corrected chi connectivity index (χ3v) is 2.88. The van der Waals surface area contributed by atoms with Crippen molar-refractivity contribution in [1.29, 1.82) is 0 Å². The van der Waals surface area contributed by atoms with Gasteiger partial charge in [0.15, 0.2) is 0 Å². The average molecular weight is 275 g/mol. The first-order valence-electron chi connectivity index (χ1n) is 4.49. The molecule has 1 aromatic carbocycles. The van der Waals surface area contributed by atoms with Crippen LogP contribution < -0.4 is 0 Å². The summed E-state index contributed by atoms with van der Waals surface area (Å²) in [6, 6.07) is 3.27. The zero-order valence-electron chi connectivity index (χ0n) is 8.64. The summed E-state index contributed by atoms with van der Waals surface area (Å²) in [7, 11) is 1.32. The Bertz CT molecular complexity index is 377. The Morgan fingerprint density at radius 2 is 2.20 bits per heavy atom. The van der Waals surface area contributed by atoms with E-state index in [0.29, 0.717) is 16.5 Å². The molecule has 0 amide bonds. The average Bonchev–Trinajstić information content (AvgIpc) is 2.24. The standard InChI is InChI=1S/C11H12BrFO2/c1-7-9(5-11(14)15-2)3-8(6-12)4-10(7)13/h3-4H,5-6H2,1-2H3. The number of carbonyl (C=O) groups excluding carboxylic acids is 1. The van der Waals surface area contributed by atoms with Crippen LogP contribution in [0.4, 0.5) is 4.39 Å². The fourth-order valence-corrected chi connectivity index (χ4v) is 1.61. The van der Waals surface area contributed by atoms with E-state index >= 15 is 0 Å². The van der Waals surface area contributed by atoms with Crippen molar-refractivity contribution in [3.05, 3.63) is 34.6 Å². The van der Waals surface area contributed by atoms with E-state index in [0.717, 1.165) is 5.56 Å². The molecule has 15 heavy (non-hydrogen) atoms. The molecule has 0 heterocycles. The maximum Gasteiger partial charge on any atom is 0.309 e. The van der Waals surface area contributed by atoms with E-state index in [4.69, 9.17) is 0 Å². The molecule has 0 aliphatic rings. The number of methoxy groups -OCH3 is 1. The molecular formula is C11H12BrFO2. The zero-order chi connectivity index (χ0) is 11.4. The minimum Gasteiger partial charge on any atom is -0.469 e. The Morgan fingerprint density at radius 3 is 2.73 bits per heavy atom. The van der Waals surface area contributed by atoms with Gasteiger partial charge in [0.1, 0.15) is 5.82 Å². The molecule has 0 N–H and O–H groups in total. The lowest BCUT2D eigenvalue weighted by atomic mass is 10.0. The van der Waals surface area contributed by atoms with Crippen LogP contribution in [0.1, 0.15) is 16.7 Å². The van der Waals surface area contributed by atoms with E-state index in [9.17, 15) is 9.18 Å². The molecule has 82 valence electrons. The molecule has 0 aliphatic heterocycles. The second kappa shape index (κ2) is 5.26. The number of halogens is 2. The summed E-state index contributed by atoms with van der Waals surface area (Å²) in [6.07, 6.45) is 0.111. The molecule has 1 aromatic rings. The molecule has 0 fully saturated rings. The molecule has 4 heteroatoms. The molecule has 0 saturated carbocycles. The van der Waals surface area contributed by atoms with Crippen molar-refractivity contribution in [2.75, 3.05) is 7.11 Å². The van der Waals surface area contributed by atoms with Crippen LogP contribution in [0, 0.1) is 12.7 Å². The summed E-state index contributed by atoms with van der Waals surface area (Å²) >= 11 is 3.25. The van der Waals surface area contributed by atoms with Crippen LogP contribution in [0.2, 0.25) is 0 Å². The number of ether oxygens (including phenoxy) is 1. The molecule has 0 aromatic heterocycles. The van der Waals surface area contributed by atoms with E-state index in [1.54, 1.807) is 6.92 Å². The largest absolute Gasteiger partial charge is 0.469 e. The van der Waals surface area contributed by atoms with Gasteiger partial charge in [0, 0.05) is 5.33 Å². The predicted octanol–water partition coefficient (Wildman–Crippen LogP) is 2.74. The Hall–Kier alpha value is -0.900. The van der Waals surface area contributed by atoms with Crippen molar-refractivity contribution < 1.29 is 13.9 Å². The Labute approximate surface area is 96.6 Å². The van der Waals surface area contributed by atoms with E-state index in [1.165, 1.54) is 13.2 Å². The van der Waals surface area contributed by atoms with Gasteiger partial charge in [0.05, 0.1) is 13.5 Å². The highest BCUT2D eigenvalue weighted by Crippen LogP contribution is 2.18. The minimum atomic E-state index is -0.357. The van der Waals surface area contributed by atoms with E-state index in [1.807, 2.05) is 6.07 Å². The Kier molecular flexibility index (Phi) is 4.27. The predicted molar refractivity (Wildman–Crippen MR) is 59.5 cm³/mol. The molecule has 0 spiro atoms. The van der Waals surface area contributed by atoms with E-state index < -0.39 is 0 Å². The van der Waals surface area contributed by atoms with Crippen molar-refractivity contribution in [1.82, 2.24) is 0 Å². The SMILES string of the molecule is COC(=O)Cc1cc(CBr)cc(F)c1C. The lowest BCUT2D eigenvalue weighted by molar-refractivity contribution is -0.139. The molecule has 2 nitrogen and oxygen atoms in total. The molecule has 0 aliphatic carbocycles. The molecular weight excluding hydrogens is 263 g/mol. The van der Waals surface area contributed by atoms with Crippen molar-refractivity contribution in [3.63, 3.8) is 0 Å². The van der Waals surface area contributed by atoms with Gasteiger partial charge in [-0.25, -0.2) is 4.39 Å².